The Hall–Kier alpha value is -3.29. The van der Waals surface area contributed by atoms with Gasteiger partial charge in [0.1, 0.15) is 0 Å². The van der Waals surface area contributed by atoms with Crippen molar-refractivity contribution in [1.29, 1.82) is 0 Å². The highest BCUT2D eigenvalue weighted by Gasteiger charge is 2.27. The second kappa shape index (κ2) is 8.16. The Morgan fingerprint density at radius 2 is 1.61 bits per heavy atom. The zero-order chi connectivity index (χ0) is 20.3. The van der Waals surface area contributed by atoms with E-state index < -0.39 is 23.5 Å². The molecule has 0 unspecified atom stereocenters. The molecule has 2 aromatic rings. The molecule has 1 aliphatic rings. The lowest BCUT2D eigenvalue weighted by atomic mass is 10.0. The van der Waals surface area contributed by atoms with E-state index in [4.69, 9.17) is 0 Å². The highest BCUT2D eigenvalue weighted by Crippen LogP contribution is 2.18. The van der Waals surface area contributed by atoms with Crippen LogP contribution < -0.4 is 5.32 Å². The SMILES string of the molecule is O=C(NC1CCN(C(=O)c2ccccc2C(=O)O)CC1)c1ccc(F)c(F)c1. The molecule has 0 saturated carbocycles. The number of nitrogens with zero attached hydrogens (tertiary/aromatic N) is 1. The molecule has 8 heteroatoms. The molecule has 2 N–H and O–H groups in total. The molecule has 2 aromatic carbocycles. The number of nitrogens with one attached hydrogen (secondary N) is 1. The van der Waals surface area contributed by atoms with Crippen LogP contribution in [0.2, 0.25) is 0 Å². The van der Waals surface area contributed by atoms with Gasteiger partial charge in [-0.3, -0.25) is 9.59 Å². The van der Waals surface area contributed by atoms with E-state index in [1.54, 1.807) is 17.0 Å². The number of carbonyl (C=O) groups excluding carboxylic acids is 2. The fourth-order valence-corrected chi connectivity index (χ4v) is 3.16. The number of rotatable bonds is 4. The van der Waals surface area contributed by atoms with Crippen molar-refractivity contribution < 1.29 is 28.3 Å². The van der Waals surface area contributed by atoms with Crippen LogP contribution >= 0.6 is 0 Å². The lowest BCUT2D eigenvalue weighted by Crippen LogP contribution is -2.46. The van der Waals surface area contributed by atoms with Crippen LogP contribution in [0.1, 0.15) is 43.9 Å². The van der Waals surface area contributed by atoms with E-state index in [-0.39, 0.29) is 28.6 Å². The number of likely N-dealkylation sites (tertiary alicyclic amines) is 1. The molecule has 0 atom stereocenters. The third kappa shape index (κ3) is 4.16. The molecule has 0 aliphatic carbocycles. The standard InChI is InChI=1S/C20H18F2N2O4/c21-16-6-5-12(11-17(16)22)18(25)23-13-7-9-24(10-8-13)19(26)14-3-1-2-4-15(14)20(27)28/h1-6,11,13H,7-10H2,(H,23,25)(H,27,28). The summed E-state index contributed by atoms with van der Waals surface area (Å²) in [5.74, 6) is -4.17. The van der Waals surface area contributed by atoms with Crippen LogP contribution in [0.25, 0.3) is 0 Å². The van der Waals surface area contributed by atoms with Gasteiger partial charge in [-0.15, -0.1) is 0 Å². The number of hydrogen-bond acceptors (Lipinski definition) is 3. The predicted octanol–water partition coefficient (Wildman–Crippen LogP) is 2.70. The minimum Gasteiger partial charge on any atom is -0.478 e. The van der Waals surface area contributed by atoms with Gasteiger partial charge in [-0.2, -0.15) is 0 Å². The monoisotopic (exact) mass is 388 g/mol. The molecule has 3 rings (SSSR count). The van der Waals surface area contributed by atoms with Crippen LogP contribution in [-0.2, 0) is 0 Å². The van der Waals surface area contributed by atoms with Crippen molar-refractivity contribution >= 4 is 17.8 Å². The molecule has 1 heterocycles. The van der Waals surface area contributed by atoms with Gasteiger partial charge in [-0.05, 0) is 43.2 Å². The molecule has 28 heavy (non-hydrogen) atoms. The van der Waals surface area contributed by atoms with Crippen LogP contribution in [0, 0.1) is 11.6 Å². The Labute approximate surface area is 159 Å². The summed E-state index contributed by atoms with van der Waals surface area (Å²) in [5.41, 5.74) is 0.0910. The first-order valence-corrected chi connectivity index (χ1v) is 8.74. The minimum absolute atomic E-state index is 0.0211. The van der Waals surface area contributed by atoms with Gasteiger partial charge in [-0.25, -0.2) is 13.6 Å². The second-order valence-electron chi connectivity index (χ2n) is 6.52. The number of piperidine rings is 1. The number of carbonyl (C=O) groups is 3. The number of carboxylic acid groups (broad SMARTS) is 1. The van der Waals surface area contributed by atoms with Gasteiger partial charge < -0.3 is 15.3 Å². The third-order valence-corrected chi connectivity index (χ3v) is 4.69. The summed E-state index contributed by atoms with van der Waals surface area (Å²) in [6.45, 7) is 0.686. The second-order valence-corrected chi connectivity index (χ2v) is 6.52. The zero-order valence-corrected chi connectivity index (χ0v) is 14.8. The topological polar surface area (TPSA) is 86.7 Å². The van der Waals surface area contributed by atoms with E-state index in [1.807, 2.05) is 0 Å². The third-order valence-electron chi connectivity index (χ3n) is 4.69. The van der Waals surface area contributed by atoms with Gasteiger partial charge in [0, 0.05) is 24.7 Å². The molecule has 146 valence electrons. The fourth-order valence-electron chi connectivity index (χ4n) is 3.16. The predicted molar refractivity (Wildman–Crippen MR) is 96.2 cm³/mol. The molecule has 1 fully saturated rings. The summed E-state index contributed by atoms with van der Waals surface area (Å²) in [6.07, 6.45) is 0.937. The van der Waals surface area contributed by atoms with Crippen molar-refractivity contribution in [2.45, 2.75) is 18.9 Å². The maximum atomic E-state index is 13.3. The lowest BCUT2D eigenvalue weighted by Gasteiger charge is -2.32. The Kier molecular flexibility index (Phi) is 5.67. The van der Waals surface area contributed by atoms with Crippen LogP contribution in [0.15, 0.2) is 42.5 Å². The van der Waals surface area contributed by atoms with Gasteiger partial charge in [0.25, 0.3) is 11.8 Å². The van der Waals surface area contributed by atoms with Crippen LogP contribution in [0.3, 0.4) is 0 Å². The Bertz CT molecular complexity index is 924. The maximum Gasteiger partial charge on any atom is 0.336 e. The molecule has 0 spiro atoms. The average molecular weight is 388 g/mol. The van der Waals surface area contributed by atoms with Crippen molar-refractivity contribution in [3.8, 4) is 0 Å². The van der Waals surface area contributed by atoms with Crippen molar-refractivity contribution in [3.63, 3.8) is 0 Å². The molecule has 1 aliphatic heterocycles. The van der Waals surface area contributed by atoms with Crippen molar-refractivity contribution in [2.75, 3.05) is 13.1 Å². The van der Waals surface area contributed by atoms with Crippen molar-refractivity contribution in [2.24, 2.45) is 0 Å². The molecule has 0 radical (unpaired) electrons. The largest absolute Gasteiger partial charge is 0.478 e. The summed E-state index contributed by atoms with van der Waals surface area (Å²) >= 11 is 0. The van der Waals surface area contributed by atoms with E-state index in [0.717, 1.165) is 12.1 Å². The van der Waals surface area contributed by atoms with E-state index >= 15 is 0 Å². The van der Waals surface area contributed by atoms with Crippen LogP contribution in [-0.4, -0.2) is 46.9 Å². The highest BCUT2D eigenvalue weighted by atomic mass is 19.2. The number of hydrogen-bond donors (Lipinski definition) is 2. The quantitative estimate of drug-likeness (QED) is 0.843. The number of amides is 2. The normalized spacial score (nSPS) is 14.6. The van der Waals surface area contributed by atoms with Crippen LogP contribution in [0.5, 0.6) is 0 Å². The van der Waals surface area contributed by atoms with E-state index in [9.17, 15) is 28.3 Å². The molecule has 0 aromatic heterocycles. The summed E-state index contributed by atoms with van der Waals surface area (Å²) in [7, 11) is 0. The zero-order valence-electron chi connectivity index (χ0n) is 14.8. The Morgan fingerprint density at radius 3 is 2.21 bits per heavy atom. The van der Waals surface area contributed by atoms with E-state index in [1.165, 1.54) is 18.2 Å². The number of aromatic carboxylic acids is 1. The molecular formula is C20H18F2N2O4. The average Bonchev–Trinajstić information content (AvgIpc) is 2.70. The Balaban J connectivity index is 1.60. The lowest BCUT2D eigenvalue weighted by molar-refractivity contribution is 0.0654. The smallest absolute Gasteiger partial charge is 0.336 e. The summed E-state index contributed by atoms with van der Waals surface area (Å²) in [5, 5.41) is 12.0. The summed E-state index contributed by atoms with van der Waals surface area (Å²) in [6, 6.07) is 8.73. The first-order chi connectivity index (χ1) is 13.4. The van der Waals surface area contributed by atoms with Crippen molar-refractivity contribution in [3.05, 3.63) is 70.8 Å². The summed E-state index contributed by atoms with van der Waals surface area (Å²) < 4.78 is 26.2. The van der Waals surface area contributed by atoms with Gasteiger partial charge in [0.15, 0.2) is 11.6 Å². The number of carboxylic acids is 1. The maximum absolute atomic E-state index is 13.3. The first kappa shape index (κ1) is 19.5. The molecule has 2 amide bonds. The number of benzene rings is 2. The molecule has 6 nitrogen and oxygen atoms in total. The minimum atomic E-state index is -1.17. The Morgan fingerprint density at radius 1 is 0.964 bits per heavy atom. The van der Waals surface area contributed by atoms with Crippen molar-refractivity contribution in [1.82, 2.24) is 10.2 Å². The van der Waals surface area contributed by atoms with Gasteiger partial charge >= 0.3 is 5.97 Å². The van der Waals surface area contributed by atoms with E-state index in [2.05, 4.69) is 5.32 Å². The summed E-state index contributed by atoms with van der Waals surface area (Å²) in [4.78, 5) is 37.7. The van der Waals surface area contributed by atoms with Gasteiger partial charge in [-0.1, -0.05) is 12.1 Å². The number of halogens is 2. The first-order valence-electron chi connectivity index (χ1n) is 8.74. The van der Waals surface area contributed by atoms with E-state index in [0.29, 0.717) is 25.9 Å². The van der Waals surface area contributed by atoms with Crippen LogP contribution in [0.4, 0.5) is 8.78 Å². The van der Waals surface area contributed by atoms with Gasteiger partial charge in [0.2, 0.25) is 0 Å². The highest BCUT2D eigenvalue weighted by molar-refractivity contribution is 6.04. The molecule has 1 saturated heterocycles. The molecular weight excluding hydrogens is 370 g/mol. The fraction of sp³-hybridized carbons (Fsp3) is 0.250. The van der Waals surface area contributed by atoms with Gasteiger partial charge in [0.05, 0.1) is 11.1 Å². The molecule has 0 bridgehead atoms.